The molecule has 2 heteroatoms. The molecule has 0 unspecified atom stereocenters. The first kappa shape index (κ1) is 34.4. The molecule has 0 aromatic heterocycles. The molecule has 0 radical (unpaired) electrons. The van der Waals surface area contributed by atoms with Gasteiger partial charge in [0.25, 0.3) is 0 Å². The van der Waals surface area contributed by atoms with Gasteiger partial charge in [-0.05, 0) is 127 Å². The molecule has 256 valence electrons. The van der Waals surface area contributed by atoms with Crippen LogP contribution in [0.4, 0.5) is 0 Å². The van der Waals surface area contributed by atoms with Crippen molar-refractivity contribution >= 4 is 17.2 Å². The first-order valence-electron chi connectivity index (χ1n) is 18.2. The molecule has 7 rings (SSSR count). The number of fused-ring (bicyclic) bond motifs is 1. The van der Waals surface area contributed by atoms with E-state index in [0.29, 0.717) is 19.6 Å². The Morgan fingerprint density at radius 1 is 0.615 bits per heavy atom. The largest absolute Gasteiger partial charge is 0.494 e. The number of hydrogen-bond donors (Lipinski definition) is 0. The van der Waals surface area contributed by atoms with E-state index in [2.05, 4.69) is 183 Å². The molecule has 0 saturated heterocycles. The minimum Gasteiger partial charge on any atom is -0.494 e. The number of aryl methyl sites for hydroxylation is 2. The summed E-state index contributed by atoms with van der Waals surface area (Å²) >= 11 is 0. The quantitative estimate of drug-likeness (QED) is 0.106. The number of ether oxygens (including phenoxy) is 2. The van der Waals surface area contributed by atoms with Gasteiger partial charge in [-0.1, -0.05) is 132 Å². The van der Waals surface area contributed by atoms with Crippen molar-refractivity contribution in [2.24, 2.45) is 0 Å². The lowest BCUT2D eigenvalue weighted by atomic mass is 9.65. The second-order valence-electron chi connectivity index (χ2n) is 13.4. The summed E-state index contributed by atoms with van der Waals surface area (Å²) in [5.41, 5.74) is 13.1. The summed E-state index contributed by atoms with van der Waals surface area (Å²) in [5, 5.41) is 0. The molecule has 0 saturated carbocycles. The summed E-state index contributed by atoms with van der Waals surface area (Å²) in [6.07, 6.45) is 3.06. The van der Waals surface area contributed by atoms with Crippen LogP contribution in [0.5, 0.6) is 11.5 Å². The molecule has 2 nitrogen and oxygen atoms in total. The second-order valence-corrected chi connectivity index (χ2v) is 13.4. The molecule has 1 aliphatic carbocycles. The zero-order chi connectivity index (χ0) is 35.9. The highest BCUT2D eigenvalue weighted by molar-refractivity contribution is 6.07. The lowest BCUT2D eigenvalue weighted by Crippen LogP contribution is -2.32. The van der Waals surface area contributed by atoms with Gasteiger partial charge in [-0.25, -0.2) is 0 Å². The Kier molecular flexibility index (Phi) is 10.2. The molecule has 1 atom stereocenters. The number of rotatable bonds is 10. The zero-order valence-corrected chi connectivity index (χ0v) is 30.4. The first-order valence-corrected chi connectivity index (χ1v) is 18.2. The van der Waals surface area contributed by atoms with Crippen LogP contribution in [0.3, 0.4) is 0 Å². The van der Waals surface area contributed by atoms with Crippen LogP contribution in [0.1, 0.15) is 63.9 Å². The SMILES string of the molecule is CCOc1ccc([C@]2(Cc3ccccc3)C(/C(=C/c3ccccc3)c3ccc(C)cc3)=C(C#Cc3ccc(C)cc3)c3ccc(OCC)cc32)cc1. The van der Waals surface area contributed by atoms with Gasteiger partial charge in [-0.2, -0.15) is 0 Å². The van der Waals surface area contributed by atoms with Gasteiger partial charge in [0.05, 0.1) is 18.6 Å². The van der Waals surface area contributed by atoms with Crippen molar-refractivity contribution in [3.63, 3.8) is 0 Å². The zero-order valence-electron chi connectivity index (χ0n) is 30.4. The van der Waals surface area contributed by atoms with Gasteiger partial charge in [0.15, 0.2) is 0 Å². The molecular weight excluding hydrogens is 633 g/mol. The molecule has 6 aromatic carbocycles. The summed E-state index contributed by atoms with van der Waals surface area (Å²) in [6.45, 7) is 9.50. The van der Waals surface area contributed by atoms with E-state index in [1.165, 1.54) is 33.4 Å². The lowest BCUT2D eigenvalue weighted by molar-refractivity contribution is 0.339. The molecule has 6 aromatic rings. The van der Waals surface area contributed by atoms with E-state index in [1.54, 1.807) is 0 Å². The number of benzene rings is 6. The topological polar surface area (TPSA) is 18.5 Å². The van der Waals surface area contributed by atoms with E-state index in [0.717, 1.165) is 44.9 Å². The van der Waals surface area contributed by atoms with Crippen molar-refractivity contribution in [2.45, 2.75) is 39.5 Å². The monoisotopic (exact) mass is 676 g/mol. The van der Waals surface area contributed by atoms with Crippen molar-refractivity contribution in [3.05, 3.63) is 207 Å². The van der Waals surface area contributed by atoms with Crippen molar-refractivity contribution in [3.8, 4) is 23.3 Å². The smallest absolute Gasteiger partial charge is 0.119 e. The van der Waals surface area contributed by atoms with Crippen molar-refractivity contribution < 1.29 is 9.47 Å². The van der Waals surface area contributed by atoms with Crippen molar-refractivity contribution in [1.82, 2.24) is 0 Å². The molecule has 0 fully saturated rings. The van der Waals surface area contributed by atoms with Gasteiger partial charge >= 0.3 is 0 Å². The number of allylic oxidation sites excluding steroid dienone is 3. The summed E-state index contributed by atoms with van der Waals surface area (Å²) in [7, 11) is 0. The summed E-state index contributed by atoms with van der Waals surface area (Å²) in [4.78, 5) is 0. The van der Waals surface area contributed by atoms with Crippen LogP contribution in [-0.4, -0.2) is 13.2 Å². The molecule has 0 heterocycles. The molecule has 0 spiro atoms. The first-order chi connectivity index (χ1) is 25.5. The maximum atomic E-state index is 6.24. The van der Waals surface area contributed by atoms with Crippen LogP contribution in [0, 0.1) is 25.7 Å². The highest BCUT2D eigenvalue weighted by atomic mass is 16.5. The molecular formula is C50H44O2. The summed E-state index contributed by atoms with van der Waals surface area (Å²) in [5.74, 6) is 9.08. The van der Waals surface area contributed by atoms with Gasteiger partial charge < -0.3 is 9.47 Å². The van der Waals surface area contributed by atoms with Crippen LogP contribution < -0.4 is 9.47 Å². The molecule has 0 N–H and O–H groups in total. The Morgan fingerprint density at radius 2 is 1.21 bits per heavy atom. The average Bonchev–Trinajstić information content (AvgIpc) is 3.44. The fourth-order valence-electron chi connectivity index (χ4n) is 7.34. The third-order valence-corrected chi connectivity index (χ3v) is 9.80. The van der Waals surface area contributed by atoms with Crippen LogP contribution in [-0.2, 0) is 11.8 Å². The van der Waals surface area contributed by atoms with E-state index in [4.69, 9.17) is 9.47 Å². The molecule has 0 aliphatic heterocycles. The summed E-state index contributed by atoms with van der Waals surface area (Å²) in [6, 6.07) is 54.1. The van der Waals surface area contributed by atoms with Crippen LogP contribution >= 0.6 is 0 Å². The third kappa shape index (κ3) is 7.09. The van der Waals surface area contributed by atoms with Crippen LogP contribution in [0.25, 0.3) is 17.2 Å². The molecule has 52 heavy (non-hydrogen) atoms. The average molecular weight is 677 g/mol. The van der Waals surface area contributed by atoms with E-state index >= 15 is 0 Å². The standard InChI is InChI=1S/C50H44O2/c1-5-51-43-28-26-42(27-29-43)50(35-40-15-11-8-12-16-40)48-34-44(52-6-2)30-32-45(48)46(31-23-38-21-17-36(3)18-22-38)49(50)47(33-39-13-9-7-10-14-39)41-24-19-37(4)20-25-41/h7-22,24-30,32-34H,5-6,35H2,1-4H3/b47-33+/t50-/m0/s1. The van der Waals surface area contributed by atoms with Gasteiger partial charge in [0.1, 0.15) is 11.5 Å². The van der Waals surface area contributed by atoms with E-state index in [9.17, 15) is 0 Å². The van der Waals surface area contributed by atoms with Gasteiger partial charge in [0.2, 0.25) is 0 Å². The highest BCUT2D eigenvalue weighted by Gasteiger charge is 2.48. The molecule has 0 bridgehead atoms. The fraction of sp³-hybridized carbons (Fsp3) is 0.160. The van der Waals surface area contributed by atoms with Gasteiger partial charge in [-0.15, -0.1) is 0 Å². The minimum absolute atomic E-state index is 0.580. The van der Waals surface area contributed by atoms with Crippen LogP contribution in [0.15, 0.2) is 157 Å². The maximum absolute atomic E-state index is 6.24. The Morgan fingerprint density at radius 3 is 1.87 bits per heavy atom. The lowest BCUT2D eigenvalue weighted by Gasteiger charge is -2.37. The van der Waals surface area contributed by atoms with Gasteiger partial charge in [0, 0.05) is 11.1 Å². The van der Waals surface area contributed by atoms with E-state index < -0.39 is 5.41 Å². The Labute approximate surface area is 309 Å². The van der Waals surface area contributed by atoms with E-state index in [-0.39, 0.29) is 0 Å². The van der Waals surface area contributed by atoms with E-state index in [1.807, 2.05) is 13.8 Å². The second kappa shape index (κ2) is 15.5. The minimum atomic E-state index is -0.642. The predicted molar refractivity (Wildman–Crippen MR) is 217 cm³/mol. The Bertz CT molecular complexity index is 2270. The maximum Gasteiger partial charge on any atom is 0.119 e. The van der Waals surface area contributed by atoms with Crippen molar-refractivity contribution in [1.29, 1.82) is 0 Å². The fourth-order valence-corrected chi connectivity index (χ4v) is 7.34. The number of hydrogen-bond acceptors (Lipinski definition) is 2. The van der Waals surface area contributed by atoms with Crippen molar-refractivity contribution in [2.75, 3.05) is 13.2 Å². The van der Waals surface area contributed by atoms with Crippen LogP contribution in [0.2, 0.25) is 0 Å². The Balaban J connectivity index is 1.64. The Hall–Kier alpha value is -6.04. The predicted octanol–water partition coefficient (Wildman–Crippen LogP) is 11.7. The molecule has 1 aliphatic rings. The third-order valence-electron chi connectivity index (χ3n) is 9.80. The normalized spacial score (nSPS) is 15.1. The summed E-state index contributed by atoms with van der Waals surface area (Å²) < 4.78 is 12.2. The highest BCUT2D eigenvalue weighted by Crippen LogP contribution is 2.57. The van der Waals surface area contributed by atoms with Gasteiger partial charge in [-0.3, -0.25) is 0 Å². The molecule has 0 amide bonds.